The molecule has 1 fully saturated rings. The first-order chi connectivity index (χ1) is 6.18. The van der Waals surface area contributed by atoms with Gasteiger partial charge in [-0.2, -0.15) is 0 Å². The lowest BCUT2D eigenvalue weighted by Crippen LogP contribution is -2.19. The molecule has 1 aromatic heterocycles. The third-order valence-corrected chi connectivity index (χ3v) is 2.76. The predicted octanol–water partition coefficient (Wildman–Crippen LogP) is 2.31. The maximum Gasteiger partial charge on any atom is 0.141 e. The van der Waals surface area contributed by atoms with Crippen LogP contribution in [0.4, 0.5) is 5.82 Å². The zero-order valence-corrected chi connectivity index (χ0v) is 8.33. The van der Waals surface area contributed by atoms with Crippen molar-refractivity contribution in [2.45, 2.75) is 45.1 Å². The van der Waals surface area contributed by atoms with Crippen molar-refractivity contribution in [3.05, 3.63) is 12.0 Å². The Balaban J connectivity index is 2.31. The van der Waals surface area contributed by atoms with Crippen LogP contribution in [0.3, 0.4) is 0 Å². The molecule has 1 aromatic rings. The average Bonchev–Trinajstić information content (AvgIpc) is 2.27. The summed E-state index contributed by atoms with van der Waals surface area (Å²) in [7, 11) is 0. The topological polar surface area (TPSA) is 43.8 Å². The van der Waals surface area contributed by atoms with E-state index in [1.165, 1.54) is 19.3 Å². The highest BCUT2D eigenvalue weighted by atomic mass is 15.1. The first-order valence-corrected chi connectivity index (χ1v) is 5.02. The van der Waals surface area contributed by atoms with Gasteiger partial charge >= 0.3 is 0 Å². The van der Waals surface area contributed by atoms with Gasteiger partial charge in [-0.1, -0.05) is 13.8 Å². The van der Waals surface area contributed by atoms with Crippen LogP contribution in [0.1, 0.15) is 50.9 Å². The molecule has 0 spiro atoms. The summed E-state index contributed by atoms with van der Waals surface area (Å²) in [5, 5.41) is 0. The first-order valence-electron chi connectivity index (χ1n) is 5.02. The number of aromatic nitrogens is 2. The lowest BCUT2D eigenvalue weighted by Gasteiger charge is -2.29. The van der Waals surface area contributed by atoms with Crippen molar-refractivity contribution in [3.63, 3.8) is 0 Å². The van der Waals surface area contributed by atoms with Gasteiger partial charge in [0, 0.05) is 18.2 Å². The fraction of sp³-hybridized carbons (Fsp3) is 0.700. The van der Waals surface area contributed by atoms with Crippen molar-refractivity contribution in [2.75, 3.05) is 5.73 Å². The van der Waals surface area contributed by atoms with Crippen LogP contribution >= 0.6 is 0 Å². The van der Waals surface area contributed by atoms with E-state index in [2.05, 4.69) is 23.4 Å². The van der Waals surface area contributed by atoms with Crippen molar-refractivity contribution in [2.24, 2.45) is 0 Å². The van der Waals surface area contributed by atoms with Gasteiger partial charge in [0.2, 0.25) is 0 Å². The summed E-state index contributed by atoms with van der Waals surface area (Å²) in [4.78, 5) is 4.35. The minimum absolute atomic E-state index is 0.470. The summed E-state index contributed by atoms with van der Waals surface area (Å²) in [6.45, 7) is 4.33. The van der Waals surface area contributed by atoms with Crippen molar-refractivity contribution < 1.29 is 0 Å². The maximum absolute atomic E-state index is 5.70. The molecule has 0 bridgehead atoms. The number of rotatable bonds is 2. The summed E-state index contributed by atoms with van der Waals surface area (Å²) in [6.07, 6.45) is 5.91. The summed E-state index contributed by atoms with van der Waals surface area (Å²) < 4.78 is 2.27. The fourth-order valence-corrected chi connectivity index (χ4v) is 1.81. The van der Waals surface area contributed by atoms with Crippen molar-refractivity contribution in [1.82, 2.24) is 9.55 Å². The van der Waals surface area contributed by atoms with Crippen molar-refractivity contribution >= 4 is 5.82 Å². The van der Waals surface area contributed by atoms with Crippen LogP contribution < -0.4 is 5.73 Å². The normalized spacial score (nSPS) is 17.8. The van der Waals surface area contributed by atoms with Gasteiger partial charge in [-0.15, -0.1) is 0 Å². The Kier molecular flexibility index (Phi) is 2.02. The van der Waals surface area contributed by atoms with E-state index in [0.717, 1.165) is 5.82 Å². The molecule has 0 aliphatic heterocycles. The Hall–Kier alpha value is -0.990. The zero-order chi connectivity index (χ0) is 9.42. The number of hydrogen-bond donors (Lipinski definition) is 1. The lowest BCUT2D eigenvalue weighted by molar-refractivity contribution is 0.303. The highest BCUT2D eigenvalue weighted by Crippen LogP contribution is 2.34. The summed E-state index contributed by atoms with van der Waals surface area (Å²) >= 11 is 0. The van der Waals surface area contributed by atoms with E-state index in [-0.39, 0.29) is 0 Å². The van der Waals surface area contributed by atoms with E-state index >= 15 is 0 Å². The Morgan fingerprint density at radius 3 is 2.69 bits per heavy atom. The number of hydrogen-bond acceptors (Lipinski definition) is 2. The molecule has 0 atom stereocenters. The number of anilines is 1. The zero-order valence-electron chi connectivity index (χ0n) is 8.33. The standard InChI is InChI=1S/C10H17N3/c1-7(2)10-12-9(11)6-13(10)8-4-3-5-8/h6-8H,3-5,11H2,1-2H3. The molecular weight excluding hydrogens is 162 g/mol. The number of nitrogens with zero attached hydrogens (tertiary/aromatic N) is 2. The molecule has 0 saturated heterocycles. The van der Waals surface area contributed by atoms with Crippen LogP contribution in [-0.4, -0.2) is 9.55 Å². The molecule has 72 valence electrons. The van der Waals surface area contributed by atoms with Gasteiger partial charge in [-0.3, -0.25) is 0 Å². The maximum atomic E-state index is 5.70. The summed E-state index contributed by atoms with van der Waals surface area (Å²) in [5.74, 6) is 2.27. The third-order valence-electron chi connectivity index (χ3n) is 2.76. The molecule has 13 heavy (non-hydrogen) atoms. The smallest absolute Gasteiger partial charge is 0.141 e. The van der Waals surface area contributed by atoms with E-state index in [0.29, 0.717) is 17.8 Å². The van der Waals surface area contributed by atoms with Gasteiger partial charge in [-0.25, -0.2) is 4.98 Å². The highest BCUT2D eigenvalue weighted by Gasteiger charge is 2.23. The largest absolute Gasteiger partial charge is 0.382 e. The monoisotopic (exact) mass is 179 g/mol. The molecule has 3 nitrogen and oxygen atoms in total. The van der Waals surface area contributed by atoms with Gasteiger partial charge in [-0.05, 0) is 19.3 Å². The predicted molar refractivity (Wildman–Crippen MR) is 53.6 cm³/mol. The van der Waals surface area contributed by atoms with E-state index in [1.54, 1.807) is 0 Å². The molecule has 2 rings (SSSR count). The molecule has 0 amide bonds. The number of imidazole rings is 1. The Bertz CT molecular complexity index is 297. The Morgan fingerprint density at radius 1 is 1.54 bits per heavy atom. The van der Waals surface area contributed by atoms with Gasteiger partial charge in [0.1, 0.15) is 11.6 Å². The molecule has 1 heterocycles. The SMILES string of the molecule is CC(C)c1nc(N)cn1C1CCC1. The van der Waals surface area contributed by atoms with Crippen LogP contribution in [0.2, 0.25) is 0 Å². The molecule has 1 saturated carbocycles. The van der Waals surface area contributed by atoms with E-state index in [1.807, 2.05) is 6.20 Å². The second-order valence-electron chi connectivity index (χ2n) is 4.17. The third kappa shape index (κ3) is 1.43. The van der Waals surface area contributed by atoms with Crippen LogP contribution in [-0.2, 0) is 0 Å². The number of nitrogens with two attached hydrogens (primary N) is 1. The van der Waals surface area contributed by atoms with Crippen LogP contribution in [0.5, 0.6) is 0 Å². The van der Waals surface area contributed by atoms with Gasteiger partial charge in [0.15, 0.2) is 0 Å². The number of nitrogen functional groups attached to an aromatic ring is 1. The van der Waals surface area contributed by atoms with E-state index < -0.39 is 0 Å². The van der Waals surface area contributed by atoms with Gasteiger partial charge in [0.05, 0.1) is 0 Å². The minimum Gasteiger partial charge on any atom is -0.382 e. The van der Waals surface area contributed by atoms with Crippen LogP contribution in [0.15, 0.2) is 6.20 Å². The van der Waals surface area contributed by atoms with Crippen LogP contribution in [0.25, 0.3) is 0 Å². The summed E-state index contributed by atoms with van der Waals surface area (Å²) in [6, 6.07) is 0.669. The Labute approximate surface area is 79.0 Å². The second-order valence-corrected chi connectivity index (χ2v) is 4.17. The molecular formula is C10H17N3. The first kappa shape index (κ1) is 8.60. The second kappa shape index (κ2) is 3.05. The lowest BCUT2D eigenvalue weighted by atomic mass is 9.92. The quantitative estimate of drug-likeness (QED) is 0.757. The molecule has 0 radical (unpaired) electrons. The van der Waals surface area contributed by atoms with Crippen molar-refractivity contribution in [3.8, 4) is 0 Å². The molecule has 3 heteroatoms. The van der Waals surface area contributed by atoms with Crippen molar-refractivity contribution in [1.29, 1.82) is 0 Å². The molecule has 1 aliphatic rings. The molecule has 0 aromatic carbocycles. The van der Waals surface area contributed by atoms with Crippen LogP contribution in [0, 0.1) is 0 Å². The molecule has 1 aliphatic carbocycles. The fourth-order valence-electron chi connectivity index (χ4n) is 1.81. The Morgan fingerprint density at radius 2 is 2.23 bits per heavy atom. The average molecular weight is 179 g/mol. The summed E-state index contributed by atoms with van der Waals surface area (Å²) in [5.41, 5.74) is 5.70. The van der Waals surface area contributed by atoms with E-state index in [4.69, 9.17) is 5.73 Å². The highest BCUT2D eigenvalue weighted by molar-refractivity contribution is 5.27. The molecule has 2 N–H and O–H groups in total. The van der Waals surface area contributed by atoms with Gasteiger partial charge in [0.25, 0.3) is 0 Å². The van der Waals surface area contributed by atoms with Gasteiger partial charge < -0.3 is 10.3 Å². The molecule has 0 unspecified atom stereocenters. The minimum atomic E-state index is 0.470. The van der Waals surface area contributed by atoms with E-state index in [9.17, 15) is 0 Å².